The molecule has 11 amide bonds. The Morgan fingerprint density at radius 3 is 1.62 bits per heavy atom. The van der Waals surface area contributed by atoms with Gasteiger partial charge < -0.3 is 72.4 Å². The highest BCUT2D eigenvalue weighted by Gasteiger charge is 2.42. The fourth-order valence-corrected chi connectivity index (χ4v) is 15.3. The molecule has 8 rings (SSSR count). The van der Waals surface area contributed by atoms with Crippen molar-refractivity contribution in [3.8, 4) is 0 Å². The Labute approximate surface area is 680 Å². The largest absolute Gasteiger partial charge is 0.394 e. The molecule has 0 bridgehead atoms. The van der Waals surface area contributed by atoms with Gasteiger partial charge in [0.15, 0.2) is 0 Å². The van der Waals surface area contributed by atoms with Gasteiger partial charge in [-0.15, -0.1) is 0 Å². The van der Waals surface area contributed by atoms with Crippen LogP contribution in [0.4, 0.5) is 0 Å². The number of halogens is 3. The molecule has 32 heteroatoms. The predicted molar refractivity (Wildman–Crippen MR) is 435 cm³/mol. The van der Waals surface area contributed by atoms with E-state index in [0.29, 0.717) is 63.0 Å². The monoisotopic (exact) mass is 1650 g/mol. The Bertz CT molecular complexity index is 4520. The number of sulfone groups is 1. The fourth-order valence-electron chi connectivity index (χ4n) is 14.0. The normalized spacial score (nSPS) is 24.1. The van der Waals surface area contributed by atoms with Crippen LogP contribution in [0.15, 0.2) is 134 Å². The van der Waals surface area contributed by atoms with E-state index in [9.17, 15) is 33.0 Å². The van der Waals surface area contributed by atoms with Gasteiger partial charge in [0, 0.05) is 91.3 Å². The molecule has 12 N–H and O–H groups in total. The second kappa shape index (κ2) is 41.2. The van der Waals surface area contributed by atoms with Crippen molar-refractivity contribution in [1.82, 2.24) is 67.5 Å². The summed E-state index contributed by atoms with van der Waals surface area (Å²) in [5.74, 6) is -11.5. The summed E-state index contributed by atoms with van der Waals surface area (Å²) >= 11 is 19.6. The standard InChI is InChI=1S/C82H106Cl3N13O15S/c1-11-47(2)71-88-64(40-52-23-18-26-57(84)37-52)79(109)96(8)48(3)72(102)94-70(49(4)100)78(108)91-63(43-54-45-86-60-29-16-15-28-59(54)60)75(105)92-65(41-53-24-19-27-58(85)38-53)80(110)97(9)68(42-50-20-13-12-14-21-50)77(107)89-61(32-35-114(10,112)113)73(103)90-62(39-51-22-17-25-56(83)36-51)74(104)93-66(44-69(101)87-67(46-99)76(106)95-71)81(111)98-33-30-55(31-34-98)82(5,6)7/h12-29,36-38,45,47-49,55,61-68,70-71,86,88,99-100H,11,30-35,39-44,46H2,1-10H3,(H,87,101)(H,89,107)(H,90,103)(H,91,108)(H,92,105)(H,93,104)(H,94,102)(H,95,106)/t47-,48?,49+,61?,62?,63?,64?,65?,66-,67-,68?,70?,71?/m0/s1. The molecular formula is C82H106Cl3N13O15S. The van der Waals surface area contributed by atoms with Crippen LogP contribution >= 0.6 is 34.8 Å². The van der Waals surface area contributed by atoms with E-state index in [1.807, 2.05) is 6.92 Å². The van der Waals surface area contributed by atoms with E-state index in [1.54, 1.807) is 134 Å². The molecule has 2 fully saturated rings. The van der Waals surface area contributed by atoms with Crippen LogP contribution in [0.25, 0.3) is 10.9 Å². The lowest BCUT2D eigenvalue weighted by molar-refractivity contribution is -0.143. The average Bonchev–Trinajstić information content (AvgIpc) is 1.21. The van der Waals surface area contributed by atoms with Gasteiger partial charge in [-0.25, -0.2) is 8.42 Å². The van der Waals surface area contributed by atoms with Gasteiger partial charge in [0.05, 0.1) is 37.1 Å². The molecule has 3 heterocycles. The molecule has 114 heavy (non-hydrogen) atoms. The molecule has 0 saturated carbocycles. The Hall–Kier alpha value is -9.49. The predicted octanol–water partition coefficient (Wildman–Crippen LogP) is 4.65. The van der Waals surface area contributed by atoms with Crippen LogP contribution in [0.1, 0.15) is 108 Å². The Morgan fingerprint density at radius 1 is 0.561 bits per heavy atom. The van der Waals surface area contributed by atoms with Crippen LogP contribution in [-0.4, -0.2) is 222 Å². The van der Waals surface area contributed by atoms with Crippen molar-refractivity contribution in [3.63, 3.8) is 0 Å². The summed E-state index contributed by atoms with van der Waals surface area (Å²) < 4.78 is 26.3. The number of aromatic amines is 1. The van der Waals surface area contributed by atoms with E-state index < -0.39 is 179 Å². The number of piperidine rings is 1. The highest BCUT2D eigenvalue weighted by Crippen LogP contribution is 2.35. The highest BCUT2D eigenvalue weighted by molar-refractivity contribution is 7.90. The molecule has 0 aliphatic carbocycles. The third-order valence-electron chi connectivity index (χ3n) is 21.2. The SMILES string of the molecule is CC[C@H](C)C1NC(=O)[C@H](CO)NC(=O)C[C@@H](C(=O)N2CCC(C(C)(C)C)CC2)NC(=O)C(Cc2cccc(Cl)c2)NC(=O)C(CCS(C)(=O)=O)NC(=O)C(Cc2ccccc2)N(C)C(=O)C(Cc2cccc(Cl)c2)NC(=O)C(Cc2c[nH]c3ccccc23)NC(=O)C([C@@H](C)O)NC(=O)C(C)N(C)C(=O)C(Cc2cccc(Cl)c2)N1. The molecule has 28 nitrogen and oxygen atoms in total. The molecule has 0 spiro atoms. The van der Waals surface area contributed by atoms with Crippen molar-refractivity contribution in [2.24, 2.45) is 17.3 Å². The molecule has 6 aromatic rings. The average molecular weight is 1650 g/mol. The van der Waals surface area contributed by atoms with Gasteiger partial charge in [0.1, 0.15) is 64.2 Å². The zero-order chi connectivity index (χ0) is 83.5. The number of benzene rings is 5. The number of carbonyl (C=O) groups is 11. The maximum Gasteiger partial charge on any atom is 0.246 e. The number of carbonyl (C=O) groups excluding carboxylic acids is 11. The first-order valence-electron chi connectivity index (χ1n) is 38.2. The lowest BCUT2D eigenvalue weighted by Gasteiger charge is -2.40. The number of fused-ring (bicyclic) bond motifs is 1. The van der Waals surface area contributed by atoms with E-state index in [2.05, 4.69) is 73.6 Å². The number of H-pyrrole nitrogens is 1. The molecule has 13 atom stereocenters. The number of nitrogens with one attached hydrogen (secondary N) is 10. The van der Waals surface area contributed by atoms with Gasteiger partial charge in [-0.1, -0.05) is 161 Å². The van der Waals surface area contributed by atoms with Crippen molar-refractivity contribution in [2.75, 3.05) is 45.8 Å². The number of rotatable bonds is 18. The number of aromatic nitrogens is 1. The summed E-state index contributed by atoms with van der Waals surface area (Å²) in [6.45, 7) is 11.8. The summed E-state index contributed by atoms with van der Waals surface area (Å²) in [4.78, 5) is 174. The highest BCUT2D eigenvalue weighted by atomic mass is 35.5. The second-order valence-corrected chi connectivity index (χ2v) is 34.4. The summed E-state index contributed by atoms with van der Waals surface area (Å²) in [6, 6.07) is 18.5. The number of aliphatic hydroxyl groups is 2. The quantitative estimate of drug-likeness (QED) is 0.0557. The first kappa shape index (κ1) is 90.1. The molecule has 1 aromatic heterocycles. The van der Waals surface area contributed by atoms with Gasteiger partial charge in [-0.2, -0.15) is 0 Å². The van der Waals surface area contributed by atoms with Crippen LogP contribution in [0.3, 0.4) is 0 Å². The van der Waals surface area contributed by atoms with Gasteiger partial charge in [0.25, 0.3) is 0 Å². The minimum Gasteiger partial charge on any atom is -0.394 e. The van der Waals surface area contributed by atoms with Crippen molar-refractivity contribution in [3.05, 3.63) is 176 Å². The van der Waals surface area contributed by atoms with Crippen LogP contribution in [-0.2, 0) is 94.7 Å². The Balaban J connectivity index is 1.26. The van der Waals surface area contributed by atoms with Gasteiger partial charge >= 0.3 is 0 Å². The van der Waals surface area contributed by atoms with Crippen molar-refractivity contribution >= 4 is 121 Å². The number of likely N-dealkylation sites (N-methyl/N-ethyl adjacent to an activating group) is 2. The van der Waals surface area contributed by atoms with Crippen molar-refractivity contribution < 1.29 is 71.4 Å². The lowest BCUT2D eigenvalue weighted by Crippen LogP contribution is -2.63. The fraction of sp³-hybridized carbons (Fsp3) is 0.476. The number of hydrogen-bond donors (Lipinski definition) is 12. The molecule has 5 aromatic carbocycles. The van der Waals surface area contributed by atoms with Gasteiger partial charge in [-0.05, 0) is 127 Å². The number of aliphatic hydroxyl groups excluding tert-OH is 2. The zero-order valence-corrected chi connectivity index (χ0v) is 68.9. The topological polar surface area (TPSA) is 396 Å². The smallest absolute Gasteiger partial charge is 0.246 e. The lowest BCUT2D eigenvalue weighted by atomic mass is 9.75. The molecule has 616 valence electrons. The molecule has 2 aliphatic rings. The van der Waals surface area contributed by atoms with E-state index in [-0.39, 0.29) is 66.6 Å². The molecule has 2 aliphatic heterocycles. The molecule has 2 saturated heterocycles. The Morgan fingerprint density at radius 2 is 1.06 bits per heavy atom. The summed E-state index contributed by atoms with van der Waals surface area (Å²) in [6.07, 6.45) is -1.53. The van der Waals surface area contributed by atoms with Crippen molar-refractivity contribution in [2.45, 2.75) is 185 Å². The van der Waals surface area contributed by atoms with Crippen LogP contribution < -0.4 is 47.9 Å². The van der Waals surface area contributed by atoms with Crippen molar-refractivity contribution in [1.29, 1.82) is 0 Å². The molecule has 9 unspecified atom stereocenters. The van der Waals surface area contributed by atoms with E-state index in [4.69, 9.17) is 34.8 Å². The van der Waals surface area contributed by atoms with Crippen LogP contribution in [0, 0.1) is 17.3 Å². The third-order valence-corrected chi connectivity index (χ3v) is 22.9. The van der Waals surface area contributed by atoms with Gasteiger partial charge in [-0.3, -0.25) is 58.1 Å². The second-order valence-electron chi connectivity index (χ2n) is 30.9. The number of nitrogens with zero attached hydrogens (tertiary/aromatic N) is 3. The number of para-hydroxylation sites is 1. The number of amides is 11. The number of likely N-dealkylation sites (tertiary alicyclic amines) is 1. The van der Waals surface area contributed by atoms with Gasteiger partial charge in [0.2, 0.25) is 65.0 Å². The van der Waals surface area contributed by atoms with Crippen LogP contribution in [0.5, 0.6) is 0 Å². The summed E-state index contributed by atoms with van der Waals surface area (Å²) in [5.41, 5.74) is 2.85. The van der Waals surface area contributed by atoms with E-state index in [0.717, 1.165) is 16.1 Å². The molecule has 0 radical (unpaired) electrons. The van der Waals surface area contributed by atoms with E-state index >= 15 is 38.4 Å². The van der Waals surface area contributed by atoms with Crippen LogP contribution in [0.2, 0.25) is 15.1 Å². The third kappa shape index (κ3) is 25.8. The zero-order valence-electron chi connectivity index (χ0n) is 65.8. The summed E-state index contributed by atoms with van der Waals surface area (Å²) in [7, 11) is -1.33. The minimum atomic E-state index is -3.95. The first-order valence-corrected chi connectivity index (χ1v) is 41.4. The summed E-state index contributed by atoms with van der Waals surface area (Å²) in [5, 5.41) is 48.7. The van der Waals surface area contributed by atoms with E-state index in [1.165, 1.54) is 38.9 Å². The maximum atomic E-state index is 15.8. The maximum absolute atomic E-state index is 15.8. The minimum absolute atomic E-state index is 0.104. The molecular weight excluding hydrogens is 1550 g/mol. The Kier molecular flexibility index (Phi) is 32.5. The first-order chi connectivity index (χ1) is 53.9. The number of hydrogen-bond acceptors (Lipinski definition) is 16.